The van der Waals surface area contributed by atoms with E-state index in [1.165, 1.54) is 0 Å². The molecule has 0 fully saturated rings. The van der Waals surface area contributed by atoms with Crippen molar-refractivity contribution in [2.75, 3.05) is 12.4 Å². The molecule has 4 heteroatoms. The van der Waals surface area contributed by atoms with Crippen LogP contribution in [0.5, 0.6) is 0 Å². The fourth-order valence-electron chi connectivity index (χ4n) is 0.442. The van der Waals surface area contributed by atoms with Crippen LogP contribution in [0.1, 0.15) is 20.3 Å². The Morgan fingerprint density at radius 2 is 2.27 bits per heavy atom. The first kappa shape index (κ1) is 10.8. The lowest BCUT2D eigenvalue weighted by Crippen LogP contribution is -2.10. The van der Waals surface area contributed by atoms with Gasteiger partial charge in [-0.3, -0.25) is 0 Å². The quantitative estimate of drug-likeness (QED) is 0.665. The molecule has 0 saturated carbocycles. The summed E-state index contributed by atoms with van der Waals surface area (Å²) in [5, 5.41) is 8.74. The summed E-state index contributed by atoms with van der Waals surface area (Å²) in [6, 6.07) is 0. The molecule has 0 bridgehead atoms. The van der Waals surface area contributed by atoms with Crippen LogP contribution in [0.15, 0.2) is 0 Å². The maximum Gasteiger partial charge on any atom is 0.367 e. The van der Waals surface area contributed by atoms with Gasteiger partial charge in [0, 0.05) is 5.75 Å². The molecular formula is C7H14O3S. The number of thioether (sulfide) groups is 1. The molecule has 11 heavy (non-hydrogen) atoms. The molecule has 0 rings (SSSR count). The first-order valence-corrected chi connectivity index (χ1v) is 4.66. The second-order valence-corrected chi connectivity index (χ2v) is 3.01. The average molecular weight is 178 g/mol. The van der Waals surface area contributed by atoms with Gasteiger partial charge in [-0.2, -0.15) is 0 Å². The van der Waals surface area contributed by atoms with Crippen molar-refractivity contribution in [3.05, 3.63) is 0 Å². The van der Waals surface area contributed by atoms with E-state index in [4.69, 9.17) is 5.11 Å². The van der Waals surface area contributed by atoms with Crippen LogP contribution in [-0.4, -0.2) is 28.9 Å². The standard InChI is InChI=1S/C7H14O3S/c1-3-6(8)5-11-7(9)10-4-2/h6,8H,3-5H2,1-2H3. The van der Waals surface area contributed by atoms with Gasteiger partial charge in [0.1, 0.15) is 0 Å². The Hall–Kier alpha value is -0.220. The molecular weight excluding hydrogens is 164 g/mol. The molecule has 0 aliphatic heterocycles. The smallest absolute Gasteiger partial charge is 0.367 e. The lowest BCUT2D eigenvalue weighted by Gasteiger charge is -2.05. The summed E-state index contributed by atoms with van der Waals surface area (Å²) in [6.07, 6.45) is 0.274. The molecule has 66 valence electrons. The first-order chi connectivity index (χ1) is 5.20. The first-order valence-electron chi connectivity index (χ1n) is 3.68. The fourth-order valence-corrected chi connectivity index (χ4v) is 1.21. The van der Waals surface area contributed by atoms with Gasteiger partial charge in [0.25, 0.3) is 0 Å². The monoisotopic (exact) mass is 178 g/mol. The molecule has 1 atom stereocenters. The normalized spacial score (nSPS) is 12.6. The predicted molar refractivity (Wildman–Crippen MR) is 45.8 cm³/mol. The number of hydrogen-bond acceptors (Lipinski definition) is 4. The molecule has 3 nitrogen and oxygen atoms in total. The van der Waals surface area contributed by atoms with Gasteiger partial charge in [0.05, 0.1) is 12.7 Å². The number of carbonyl (C=O) groups is 1. The number of rotatable bonds is 4. The Labute approximate surface area is 71.1 Å². The number of ether oxygens (including phenoxy) is 1. The summed E-state index contributed by atoms with van der Waals surface area (Å²) in [5.41, 5.74) is 0. The van der Waals surface area contributed by atoms with Gasteiger partial charge in [-0.25, -0.2) is 4.79 Å². The van der Waals surface area contributed by atoms with E-state index in [-0.39, 0.29) is 5.30 Å². The Balaban J connectivity index is 3.30. The molecule has 0 aliphatic rings. The maximum atomic E-state index is 10.7. The second-order valence-electron chi connectivity index (χ2n) is 2.06. The van der Waals surface area contributed by atoms with E-state index in [0.29, 0.717) is 18.8 Å². The molecule has 0 aromatic rings. The summed E-state index contributed by atoms with van der Waals surface area (Å²) in [4.78, 5) is 10.7. The van der Waals surface area contributed by atoms with Gasteiger partial charge in [-0.05, 0) is 25.1 Å². The van der Waals surface area contributed by atoms with Crippen LogP contribution >= 0.6 is 11.8 Å². The molecule has 0 spiro atoms. The minimum atomic E-state index is -0.399. The lowest BCUT2D eigenvalue weighted by atomic mass is 10.3. The van der Waals surface area contributed by atoms with Crippen molar-refractivity contribution in [1.29, 1.82) is 0 Å². The highest BCUT2D eigenvalue weighted by atomic mass is 32.2. The van der Waals surface area contributed by atoms with Crippen LogP contribution in [0, 0.1) is 0 Å². The molecule has 1 N–H and O–H groups in total. The Morgan fingerprint density at radius 1 is 1.64 bits per heavy atom. The highest BCUT2D eigenvalue weighted by Crippen LogP contribution is 2.08. The zero-order chi connectivity index (χ0) is 8.69. The molecule has 0 aliphatic carbocycles. The number of aliphatic hydroxyl groups is 1. The highest BCUT2D eigenvalue weighted by molar-refractivity contribution is 8.13. The minimum Gasteiger partial charge on any atom is -0.458 e. The Morgan fingerprint density at radius 3 is 2.73 bits per heavy atom. The van der Waals surface area contributed by atoms with Crippen LogP contribution in [0.3, 0.4) is 0 Å². The number of hydrogen-bond donors (Lipinski definition) is 1. The third-order valence-electron chi connectivity index (χ3n) is 1.13. The van der Waals surface area contributed by atoms with Gasteiger partial charge in [-0.15, -0.1) is 0 Å². The van der Waals surface area contributed by atoms with Gasteiger partial charge < -0.3 is 9.84 Å². The molecule has 0 heterocycles. The van der Waals surface area contributed by atoms with Crippen molar-refractivity contribution in [3.8, 4) is 0 Å². The average Bonchev–Trinajstić information content (AvgIpc) is 2.01. The van der Waals surface area contributed by atoms with Crippen molar-refractivity contribution in [3.63, 3.8) is 0 Å². The summed E-state index contributed by atoms with van der Waals surface area (Å²) in [7, 11) is 0. The van der Waals surface area contributed by atoms with Crippen LogP contribution in [0.4, 0.5) is 4.79 Å². The summed E-state index contributed by atoms with van der Waals surface area (Å²) in [6.45, 7) is 4.03. The van der Waals surface area contributed by atoms with E-state index in [0.717, 1.165) is 11.8 Å². The van der Waals surface area contributed by atoms with Crippen LogP contribution < -0.4 is 0 Å². The Bertz CT molecular complexity index is 116. The van der Waals surface area contributed by atoms with Crippen molar-refractivity contribution in [2.24, 2.45) is 0 Å². The zero-order valence-corrected chi connectivity index (χ0v) is 7.69. The molecule has 1 unspecified atom stereocenters. The SMILES string of the molecule is CCOC(=O)SCC(O)CC. The van der Waals surface area contributed by atoms with Gasteiger partial charge in [0.15, 0.2) is 0 Å². The molecule has 0 aromatic heterocycles. The molecule has 0 aromatic carbocycles. The lowest BCUT2D eigenvalue weighted by molar-refractivity contribution is 0.179. The van der Waals surface area contributed by atoms with E-state index in [2.05, 4.69) is 4.74 Å². The van der Waals surface area contributed by atoms with E-state index in [1.54, 1.807) is 6.92 Å². The van der Waals surface area contributed by atoms with E-state index >= 15 is 0 Å². The van der Waals surface area contributed by atoms with Crippen LogP contribution in [0.25, 0.3) is 0 Å². The third kappa shape index (κ3) is 6.19. The van der Waals surface area contributed by atoms with Gasteiger partial charge >= 0.3 is 5.30 Å². The topological polar surface area (TPSA) is 46.5 Å². The number of carbonyl (C=O) groups excluding carboxylic acids is 1. The molecule has 0 saturated heterocycles. The molecule has 0 radical (unpaired) electrons. The van der Waals surface area contributed by atoms with Crippen molar-refractivity contribution in [2.45, 2.75) is 26.4 Å². The van der Waals surface area contributed by atoms with Gasteiger partial charge in [0.2, 0.25) is 0 Å². The van der Waals surface area contributed by atoms with E-state index < -0.39 is 6.10 Å². The van der Waals surface area contributed by atoms with Crippen molar-refractivity contribution in [1.82, 2.24) is 0 Å². The maximum absolute atomic E-state index is 10.7. The van der Waals surface area contributed by atoms with E-state index in [1.807, 2.05) is 6.92 Å². The Kier molecular flexibility index (Phi) is 6.36. The largest absolute Gasteiger partial charge is 0.458 e. The van der Waals surface area contributed by atoms with Crippen molar-refractivity contribution < 1.29 is 14.6 Å². The summed E-state index contributed by atoms with van der Waals surface area (Å²) >= 11 is 1.02. The van der Waals surface area contributed by atoms with Crippen LogP contribution in [0.2, 0.25) is 0 Å². The molecule has 0 amide bonds. The van der Waals surface area contributed by atoms with Gasteiger partial charge in [-0.1, -0.05) is 6.92 Å². The predicted octanol–water partition coefficient (Wildman–Crippen LogP) is 1.65. The minimum absolute atomic E-state index is 0.306. The van der Waals surface area contributed by atoms with Crippen molar-refractivity contribution >= 4 is 17.1 Å². The summed E-state index contributed by atoms with van der Waals surface area (Å²) < 4.78 is 4.65. The van der Waals surface area contributed by atoms with Crippen LogP contribution in [-0.2, 0) is 4.74 Å². The van der Waals surface area contributed by atoms with E-state index in [9.17, 15) is 4.79 Å². The third-order valence-corrected chi connectivity index (χ3v) is 2.03. The summed E-state index contributed by atoms with van der Waals surface area (Å²) in [5.74, 6) is 0.426. The highest BCUT2D eigenvalue weighted by Gasteiger charge is 2.06. The zero-order valence-electron chi connectivity index (χ0n) is 6.87. The second kappa shape index (κ2) is 6.49. The number of aliphatic hydroxyl groups excluding tert-OH is 1. The fraction of sp³-hybridized carbons (Fsp3) is 0.857.